The van der Waals surface area contributed by atoms with Crippen LogP contribution in [0.1, 0.15) is 37.3 Å². The second-order valence-corrected chi connectivity index (χ2v) is 7.77. The van der Waals surface area contributed by atoms with Gasteiger partial charge in [-0.25, -0.2) is 0 Å². The second-order valence-electron chi connectivity index (χ2n) is 6.99. The number of amides is 2. The van der Waals surface area contributed by atoms with E-state index in [-0.39, 0.29) is 11.7 Å². The van der Waals surface area contributed by atoms with Crippen molar-refractivity contribution in [2.45, 2.75) is 31.7 Å². The second kappa shape index (κ2) is 10.1. The van der Waals surface area contributed by atoms with Crippen LogP contribution in [0.4, 0.5) is 11.4 Å². The van der Waals surface area contributed by atoms with E-state index in [2.05, 4.69) is 27.0 Å². The number of anilines is 1. The first kappa shape index (κ1) is 20.9. The van der Waals surface area contributed by atoms with Crippen molar-refractivity contribution < 1.29 is 14.5 Å². The topological polar surface area (TPSA) is 105 Å². The van der Waals surface area contributed by atoms with Crippen LogP contribution in [0.25, 0.3) is 0 Å². The number of thiophene rings is 1. The Balaban J connectivity index is 1.58. The lowest BCUT2D eigenvalue weighted by atomic mass is 10.1. The third-order valence-electron chi connectivity index (χ3n) is 5.01. The standard InChI is InChI=1S/C20H24N4O4S/c25-19(20(26)22-16-5-7-17(8-6-16)24(27)28)21-13-18(15-9-12-29-14-15)23-10-3-1-2-4-11-23/h5-9,12,14,18H,1-4,10-11,13H2,(H,21,25)(H,22,26). The van der Waals surface area contributed by atoms with Gasteiger partial charge in [0.2, 0.25) is 0 Å². The Labute approximate surface area is 173 Å². The number of hydrogen-bond acceptors (Lipinski definition) is 6. The highest BCUT2D eigenvalue weighted by molar-refractivity contribution is 7.08. The summed E-state index contributed by atoms with van der Waals surface area (Å²) in [6.45, 7) is 2.31. The largest absolute Gasteiger partial charge is 0.346 e. The molecule has 1 atom stereocenters. The van der Waals surface area contributed by atoms with Crippen molar-refractivity contribution in [3.8, 4) is 0 Å². The number of non-ortho nitro benzene ring substituents is 1. The predicted octanol–water partition coefficient (Wildman–Crippen LogP) is 3.33. The summed E-state index contributed by atoms with van der Waals surface area (Å²) >= 11 is 1.62. The molecule has 0 bridgehead atoms. The maximum Gasteiger partial charge on any atom is 0.313 e. The first-order valence-corrected chi connectivity index (χ1v) is 10.6. The zero-order valence-electron chi connectivity index (χ0n) is 16.0. The van der Waals surface area contributed by atoms with Gasteiger partial charge in [0.15, 0.2) is 0 Å². The molecule has 2 N–H and O–H groups in total. The van der Waals surface area contributed by atoms with E-state index in [4.69, 9.17) is 0 Å². The molecule has 1 unspecified atom stereocenters. The molecule has 0 radical (unpaired) electrons. The van der Waals surface area contributed by atoms with Crippen molar-refractivity contribution in [3.05, 3.63) is 56.8 Å². The molecule has 2 aromatic rings. The molecular weight excluding hydrogens is 392 g/mol. The van der Waals surface area contributed by atoms with Gasteiger partial charge >= 0.3 is 11.8 Å². The molecule has 2 heterocycles. The Morgan fingerprint density at radius 2 is 1.76 bits per heavy atom. The number of nitro benzene ring substituents is 1. The highest BCUT2D eigenvalue weighted by Crippen LogP contribution is 2.25. The Morgan fingerprint density at radius 3 is 2.34 bits per heavy atom. The lowest BCUT2D eigenvalue weighted by molar-refractivity contribution is -0.384. The van der Waals surface area contributed by atoms with E-state index in [1.54, 1.807) is 11.3 Å². The van der Waals surface area contributed by atoms with E-state index < -0.39 is 16.7 Å². The summed E-state index contributed by atoms with van der Waals surface area (Å²) in [5.41, 5.74) is 1.40. The smallest absolute Gasteiger partial charge is 0.313 e. The molecule has 9 heteroatoms. The minimum Gasteiger partial charge on any atom is -0.346 e. The molecule has 29 heavy (non-hydrogen) atoms. The van der Waals surface area contributed by atoms with E-state index in [0.29, 0.717) is 12.2 Å². The molecule has 1 fully saturated rings. The Morgan fingerprint density at radius 1 is 1.07 bits per heavy atom. The Bertz CT molecular complexity index is 831. The summed E-state index contributed by atoms with van der Waals surface area (Å²) in [5, 5.41) is 20.0. The summed E-state index contributed by atoms with van der Waals surface area (Å²) in [7, 11) is 0. The molecule has 3 rings (SSSR count). The minimum absolute atomic E-state index is 0.0375. The van der Waals surface area contributed by atoms with E-state index >= 15 is 0 Å². The number of nitrogens with zero attached hydrogens (tertiary/aromatic N) is 2. The fourth-order valence-corrected chi connectivity index (χ4v) is 4.16. The van der Waals surface area contributed by atoms with E-state index in [1.165, 1.54) is 37.1 Å². The molecule has 1 aromatic carbocycles. The van der Waals surface area contributed by atoms with Crippen molar-refractivity contribution >= 4 is 34.5 Å². The van der Waals surface area contributed by atoms with E-state index in [0.717, 1.165) is 31.5 Å². The third kappa shape index (κ3) is 5.85. The molecule has 8 nitrogen and oxygen atoms in total. The number of carbonyl (C=O) groups is 2. The van der Waals surface area contributed by atoms with Gasteiger partial charge in [-0.15, -0.1) is 0 Å². The molecule has 1 aliphatic heterocycles. The number of rotatable bonds is 6. The quantitative estimate of drug-likeness (QED) is 0.427. The first-order valence-electron chi connectivity index (χ1n) is 9.64. The Kier molecular flexibility index (Phi) is 7.31. The van der Waals surface area contributed by atoms with Crippen LogP contribution in [0.15, 0.2) is 41.1 Å². The monoisotopic (exact) mass is 416 g/mol. The van der Waals surface area contributed by atoms with Crippen LogP contribution in [-0.2, 0) is 9.59 Å². The summed E-state index contributed by atoms with van der Waals surface area (Å²) in [6, 6.07) is 7.45. The average molecular weight is 417 g/mol. The van der Waals surface area contributed by atoms with Crippen LogP contribution in [0, 0.1) is 10.1 Å². The highest BCUT2D eigenvalue weighted by atomic mass is 32.1. The van der Waals surface area contributed by atoms with Crippen molar-refractivity contribution in [2.24, 2.45) is 0 Å². The molecule has 154 valence electrons. The van der Waals surface area contributed by atoms with Gasteiger partial charge < -0.3 is 10.6 Å². The van der Waals surface area contributed by atoms with Gasteiger partial charge in [0.05, 0.1) is 11.0 Å². The number of nitrogens with one attached hydrogen (secondary N) is 2. The SMILES string of the molecule is O=C(NCC(c1ccsc1)N1CCCCCC1)C(=O)Nc1ccc([N+](=O)[O-])cc1. The van der Waals surface area contributed by atoms with E-state index in [9.17, 15) is 19.7 Å². The molecular formula is C20H24N4O4S. The number of hydrogen-bond donors (Lipinski definition) is 2. The average Bonchev–Trinajstić information content (AvgIpc) is 3.11. The summed E-state index contributed by atoms with van der Waals surface area (Å²) < 4.78 is 0. The lowest BCUT2D eigenvalue weighted by Gasteiger charge is -2.30. The fraction of sp³-hybridized carbons (Fsp3) is 0.400. The van der Waals surface area contributed by atoms with Crippen molar-refractivity contribution in [3.63, 3.8) is 0 Å². The molecule has 1 aliphatic rings. The lowest BCUT2D eigenvalue weighted by Crippen LogP contribution is -2.42. The molecule has 1 aromatic heterocycles. The van der Waals surface area contributed by atoms with Crippen LogP contribution >= 0.6 is 11.3 Å². The van der Waals surface area contributed by atoms with Gasteiger partial charge in [-0.05, 0) is 60.5 Å². The van der Waals surface area contributed by atoms with Gasteiger partial charge in [0.25, 0.3) is 5.69 Å². The van der Waals surface area contributed by atoms with E-state index in [1.807, 2.05) is 5.38 Å². The van der Waals surface area contributed by atoms with Gasteiger partial charge in [-0.2, -0.15) is 11.3 Å². The van der Waals surface area contributed by atoms with Crippen LogP contribution in [0.2, 0.25) is 0 Å². The zero-order valence-corrected chi connectivity index (χ0v) is 16.8. The van der Waals surface area contributed by atoms with Crippen molar-refractivity contribution in [2.75, 3.05) is 25.0 Å². The molecule has 0 spiro atoms. The van der Waals surface area contributed by atoms with Gasteiger partial charge in [-0.1, -0.05) is 12.8 Å². The highest BCUT2D eigenvalue weighted by Gasteiger charge is 2.24. The number of nitro groups is 1. The van der Waals surface area contributed by atoms with Gasteiger partial charge in [0, 0.05) is 24.4 Å². The predicted molar refractivity (Wildman–Crippen MR) is 112 cm³/mol. The molecule has 1 saturated heterocycles. The Hall–Kier alpha value is -2.78. The number of benzene rings is 1. The van der Waals surface area contributed by atoms with Gasteiger partial charge in [0.1, 0.15) is 0 Å². The normalized spacial score (nSPS) is 15.9. The van der Waals surface area contributed by atoms with Crippen LogP contribution in [-0.4, -0.2) is 41.3 Å². The third-order valence-corrected chi connectivity index (χ3v) is 5.71. The van der Waals surface area contributed by atoms with Crippen LogP contribution in [0.3, 0.4) is 0 Å². The molecule has 0 aliphatic carbocycles. The number of carbonyl (C=O) groups excluding carboxylic acids is 2. The summed E-state index contributed by atoms with van der Waals surface area (Å²) in [5.74, 6) is -1.52. The number of likely N-dealkylation sites (tertiary alicyclic amines) is 1. The fourth-order valence-electron chi connectivity index (χ4n) is 3.45. The first-order chi connectivity index (χ1) is 14.0. The van der Waals surface area contributed by atoms with Crippen LogP contribution < -0.4 is 10.6 Å². The molecule has 2 amide bonds. The van der Waals surface area contributed by atoms with Gasteiger partial charge in [-0.3, -0.25) is 24.6 Å². The maximum atomic E-state index is 12.3. The zero-order chi connectivity index (χ0) is 20.6. The summed E-state index contributed by atoms with van der Waals surface area (Å²) in [6.07, 6.45) is 4.71. The van der Waals surface area contributed by atoms with Crippen molar-refractivity contribution in [1.29, 1.82) is 0 Å². The minimum atomic E-state index is -0.793. The summed E-state index contributed by atoms with van der Waals surface area (Å²) in [4.78, 5) is 37.0. The molecule has 0 saturated carbocycles. The van der Waals surface area contributed by atoms with Crippen LogP contribution in [0.5, 0.6) is 0 Å². The van der Waals surface area contributed by atoms with Crippen molar-refractivity contribution in [1.82, 2.24) is 10.2 Å². The maximum absolute atomic E-state index is 12.3.